The number of oxazole rings is 1. The van der Waals surface area contributed by atoms with Crippen molar-refractivity contribution < 1.29 is 9.21 Å². The third kappa shape index (κ3) is 2.04. The van der Waals surface area contributed by atoms with Gasteiger partial charge in [-0.1, -0.05) is 6.92 Å². The van der Waals surface area contributed by atoms with Gasteiger partial charge in [0.15, 0.2) is 11.4 Å². The van der Waals surface area contributed by atoms with Crippen LogP contribution in [0.2, 0.25) is 0 Å². The van der Waals surface area contributed by atoms with Crippen LogP contribution in [0.3, 0.4) is 0 Å². The van der Waals surface area contributed by atoms with Gasteiger partial charge in [-0.25, -0.2) is 4.79 Å². The Hall–Kier alpha value is -1.88. The lowest BCUT2D eigenvalue weighted by atomic mass is 10.1. The highest BCUT2D eigenvalue weighted by Gasteiger charge is 2.07. The first kappa shape index (κ1) is 10.6. The maximum atomic E-state index is 11.7. The van der Waals surface area contributed by atoms with Crippen LogP contribution in [0.1, 0.15) is 17.3 Å². The van der Waals surface area contributed by atoms with Crippen molar-refractivity contribution in [2.24, 2.45) is 0 Å². The molecule has 1 aromatic heterocycles. The van der Waals surface area contributed by atoms with Gasteiger partial charge in [-0.2, -0.15) is 0 Å². The number of aromatic amines is 1. The van der Waals surface area contributed by atoms with Gasteiger partial charge in [-0.3, -0.25) is 9.78 Å². The maximum Gasteiger partial charge on any atom is 0.417 e. The molecule has 0 fully saturated rings. The minimum absolute atomic E-state index is 0.00852. The molecule has 0 radical (unpaired) electrons. The van der Waals surface area contributed by atoms with Gasteiger partial charge >= 0.3 is 5.76 Å². The second-order valence-electron chi connectivity index (χ2n) is 3.43. The second kappa shape index (κ2) is 4.32. The van der Waals surface area contributed by atoms with Crippen LogP contribution in [-0.4, -0.2) is 23.9 Å². The molecule has 0 amide bonds. The molecule has 5 nitrogen and oxygen atoms in total. The van der Waals surface area contributed by atoms with Gasteiger partial charge < -0.3 is 9.73 Å². The molecular formula is C11H12N2O3. The summed E-state index contributed by atoms with van der Waals surface area (Å²) in [5, 5.41) is 2.95. The molecule has 0 saturated carbocycles. The number of benzene rings is 1. The van der Waals surface area contributed by atoms with Gasteiger partial charge in [0.05, 0.1) is 12.1 Å². The summed E-state index contributed by atoms with van der Waals surface area (Å²) in [6.07, 6.45) is 0. The Labute approximate surface area is 91.5 Å². The first-order valence-electron chi connectivity index (χ1n) is 5.07. The lowest BCUT2D eigenvalue weighted by molar-refractivity contribution is 0.0992. The van der Waals surface area contributed by atoms with Crippen LogP contribution in [0, 0.1) is 0 Å². The Bertz CT molecular complexity index is 568. The molecule has 0 aliphatic heterocycles. The molecule has 0 spiro atoms. The van der Waals surface area contributed by atoms with E-state index in [1.165, 1.54) is 0 Å². The van der Waals surface area contributed by atoms with E-state index in [2.05, 4.69) is 10.3 Å². The number of aromatic nitrogens is 1. The number of carbonyl (C=O) groups excluding carboxylic acids is 1. The Balaban J connectivity index is 2.31. The van der Waals surface area contributed by atoms with Crippen molar-refractivity contribution >= 4 is 16.9 Å². The van der Waals surface area contributed by atoms with Gasteiger partial charge in [0.2, 0.25) is 0 Å². The number of fused-ring (bicyclic) bond motifs is 1. The van der Waals surface area contributed by atoms with Gasteiger partial charge in [-0.15, -0.1) is 0 Å². The summed E-state index contributed by atoms with van der Waals surface area (Å²) in [6.45, 7) is 2.98. The fourth-order valence-corrected chi connectivity index (χ4v) is 1.47. The van der Waals surface area contributed by atoms with Gasteiger partial charge in [0.1, 0.15) is 0 Å². The summed E-state index contributed by atoms with van der Waals surface area (Å²) in [4.78, 5) is 25.1. The lowest BCUT2D eigenvalue weighted by Crippen LogP contribution is -2.22. The molecule has 1 aromatic carbocycles. The molecule has 84 valence electrons. The summed E-state index contributed by atoms with van der Waals surface area (Å²) < 4.78 is 4.85. The molecule has 0 atom stereocenters. The zero-order chi connectivity index (χ0) is 11.5. The third-order valence-electron chi connectivity index (χ3n) is 2.28. The fraction of sp³-hybridized carbons (Fsp3) is 0.273. The summed E-state index contributed by atoms with van der Waals surface area (Å²) in [5.41, 5.74) is 1.57. The standard InChI is InChI=1S/C11H12N2O3/c1-2-12-6-9(14)7-3-4-10-8(5-7)13-11(15)16-10/h3-5,12H,2,6H2,1H3,(H,13,15). The summed E-state index contributed by atoms with van der Waals surface area (Å²) >= 11 is 0. The van der Waals surface area contributed by atoms with E-state index in [1.54, 1.807) is 18.2 Å². The highest BCUT2D eigenvalue weighted by Crippen LogP contribution is 2.12. The van der Waals surface area contributed by atoms with Gasteiger partial charge in [-0.05, 0) is 24.7 Å². The van der Waals surface area contributed by atoms with Crippen LogP contribution >= 0.6 is 0 Å². The molecule has 2 N–H and O–H groups in total. The predicted molar refractivity (Wildman–Crippen MR) is 59.7 cm³/mol. The maximum absolute atomic E-state index is 11.7. The van der Waals surface area contributed by atoms with Crippen molar-refractivity contribution in [1.82, 2.24) is 10.3 Å². The first-order chi connectivity index (χ1) is 7.70. The number of H-pyrrole nitrogens is 1. The number of carbonyl (C=O) groups is 1. The van der Waals surface area contributed by atoms with Crippen LogP contribution in [0.5, 0.6) is 0 Å². The molecule has 0 aliphatic carbocycles. The number of rotatable bonds is 4. The monoisotopic (exact) mass is 220 g/mol. The Morgan fingerprint density at radius 1 is 1.50 bits per heavy atom. The lowest BCUT2D eigenvalue weighted by Gasteiger charge is -2.00. The van der Waals surface area contributed by atoms with Crippen LogP contribution in [0.15, 0.2) is 27.4 Å². The molecule has 1 heterocycles. The Morgan fingerprint density at radius 3 is 3.06 bits per heavy atom. The zero-order valence-corrected chi connectivity index (χ0v) is 8.87. The Kier molecular flexibility index (Phi) is 2.87. The number of likely N-dealkylation sites (N-methyl/N-ethyl adjacent to an activating group) is 1. The minimum atomic E-state index is -0.508. The molecule has 0 unspecified atom stereocenters. The average molecular weight is 220 g/mol. The highest BCUT2D eigenvalue weighted by atomic mass is 16.4. The molecule has 2 rings (SSSR count). The quantitative estimate of drug-likeness (QED) is 0.751. The summed E-state index contributed by atoms with van der Waals surface area (Å²) in [7, 11) is 0. The van der Waals surface area contributed by atoms with Crippen molar-refractivity contribution in [3.05, 3.63) is 34.3 Å². The van der Waals surface area contributed by atoms with E-state index in [0.29, 0.717) is 23.2 Å². The van der Waals surface area contributed by atoms with E-state index < -0.39 is 5.76 Å². The van der Waals surface area contributed by atoms with E-state index >= 15 is 0 Å². The SMILES string of the molecule is CCNCC(=O)c1ccc2oc(=O)[nH]c2c1. The van der Waals surface area contributed by atoms with Crippen LogP contribution in [-0.2, 0) is 0 Å². The number of nitrogens with one attached hydrogen (secondary N) is 2. The molecule has 2 aromatic rings. The fourth-order valence-electron chi connectivity index (χ4n) is 1.47. The smallest absolute Gasteiger partial charge is 0.408 e. The largest absolute Gasteiger partial charge is 0.417 e. The van der Waals surface area contributed by atoms with E-state index in [9.17, 15) is 9.59 Å². The predicted octanol–water partition coefficient (Wildman–Crippen LogP) is 0.913. The van der Waals surface area contributed by atoms with Crippen LogP contribution in [0.25, 0.3) is 11.1 Å². The number of Topliss-reactive ketones (excluding diaryl/α,β-unsaturated/α-hetero) is 1. The van der Waals surface area contributed by atoms with Crippen molar-refractivity contribution in [3.8, 4) is 0 Å². The molecule has 0 aliphatic rings. The molecular weight excluding hydrogens is 208 g/mol. The normalized spacial score (nSPS) is 10.8. The summed E-state index contributed by atoms with van der Waals surface area (Å²) in [6, 6.07) is 4.89. The first-order valence-corrected chi connectivity index (χ1v) is 5.07. The van der Waals surface area contributed by atoms with E-state index in [4.69, 9.17) is 4.42 Å². The number of hydrogen-bond donors (Lipinski definition) is 2. The van der Waals surface area contributed by atoms with Crippen molar-refractivity contribution in [2.75, 3.05) is 13.1 Å². The van der Waals surface area contributed by atoms with Crippen LogP contribution in [0.4, 0.5) is 0 Å². The van der Waals surface area contributed by atoms with Gasteiger partial charge in [0, 0.05) is 5.56 Å². The van der Waals surface area contributed by atoms with Crippen molar-refractivity contribution in [1.29, 1.82) is 0 Å². The number of hydrogen-bond acceptors (Lipinski definition) is 4. The van der Waals surface area contributed by atoms with Gasteiger partial charge in [0.25, 0.3) is 0 Å². The molecule has 5 heteroatoms. The van der Waals surface area contributed by atoms with E-state index in [-0.39, 0.29) is 5.78 Å². The highest BCUT2D eigenvalue weighted by molar-refractivity contribution is 5.99. The topological polar surface area (TPSA) is 75.1 Å². The molecule has 0 bridgehead atoms. The number of ketones is 1. The summed E-state index contributed by atoms with van der Waals surface area (Å²) in [5.74, 6) is -0.517. The average Bonchev–Trinajstić information content (AvgIpc) is 2.64. The minimum Gasteiger partial charge on any atom is -0.408 e. The Morgan fingerprint density at radius 2 is 2.31 bits per heavy atom. The zero-order valence-electron chi connectivity index (χ0n) is 8.87. The van der Waals surface area contributed by atoms with Crippen LogP contribution < -0.4 is 11.1 Å². The molecule has 16 heavy (non-hydrogen) atoms. The van der Waals surface area contributed by atoms with E-state index in [1.807, 2.05) is 6.92 Å². The third-order valence-corrected chi connectivity index (χ3v) is 2.28. The van der Waals surface area contributed by atoms with E-state index in [0.717, 1.165) is 6.54 Å². The second-order valence-corrected chi connectivity index (χ2v) is 3.43. The van der Waals surface area contributed by atoms with Crippen molar-refractivity contribution in [2.45, 2.75) is 6.92 Å². The van der Waals surface area contributed by atoms with Crippen molar-refractivity contribution in [3.63, 3.8) is 0 Å². The molecule has 0 saturated heterocycles.